The van der Waals surface area contributed by atoms with Crippen LogP contribution in [0.5, 0.6) is 5.75 Å². The van der Waals surface area contributed by atoms with Crippen molar-refractivity contribution in [2.24, 2.45) is 0 Å². The Morgan fingerprint density at radius 2 is 1.80 bits per heavy atom. The number of anilines is 2. The first-order valence-corrected chi connectivity index (χ1v) is 7.36. The van der Waals surface area contributed by atoms with Crippen LogP contribution < -0.4 is 10.2 Å². The van der Waals surface area contributed by atoms with Gasteiger partial charge in [0.1, 0.15) is 11.8 Å². The number of nitrogens with zero attached hydrogens (tertiary/aromatic N) is 1. The number of alkyl halides is 3. The van der Waals surface area contributed by atoms with Gasteiger partial charge < -0.3 is 10.4 Å². The molecule has 1 heterocycles. The molecule has 0 aliphatic carbocycles. The quantitative estimate of drug-likeness (QED) is 0.835. The molecule has 3 rings (SSSR count). The molecule has 0 radical (unpaired) electrons. The van der Waals surface area contributed by atoms with Gasteiger partial charge in [0.2, 0.25) is 5.91 Å². The Hall–Kier alpha value is -3.03. The van der Waals surface area contributed by atoms with Crippen molar-refractivity contribution in [2.45, 2.75) is 18.6 Å². The number of carbonyl (C=O) groups is 2. The summed E-state index contributed by atoms with van der Waals surface area (Å²) < 4.78 is 39.2. The molecule has 2 aromatic rings. The van der Waals surface area contributed by atoms with Crippen LogP contribution in [0.2, 0.25) is 0 Å². The summed E-state index contributed by atoms with van der Waals surface area (Å²) in [5.41, 5.74) is -1.01. The third-order valence-corrected chi connectivity index (χ3v) is 3.80. The molecule has 1 aliphatic heterocycles. The lowest BCUT2D eigenvalue weighted by molar-refractivity contribution is -0.137. The number of imide groups is 1. The first kappa shape index (κ1) is 16.8. The standard InChI is InChI=1S/C17H13F3N2O3/c18-17(19,20)12-6-1-2-7-13(12)21-14-9-15(24)22(16(14)25)10-4-3-5-11(23)8-10/h1-8,14,21,23H,9H2. The zero-order valence-electron chi connectivity index (χ0n) is 12.7. The number of halogens is 3. The molecule has 25 heavy (non-hydrogen) atoms. The van der Waals surface area contributed by atoms with Crippen molar-refractivity contribution < 1.29 is 27.9 Å². The number of phenolic OH excluding ortho intramolecular Hbond substituents is 1. The molecule has 1 unspecified atom stereocenters. The summed E-state index contributed by atoms with van der Waals surface area (Å²) in [5, 5.41) is 12.0. The first-order chi connectivity index (χ1) is 11.8. The van der Waals surface area contributed by atoms with E-state index in [1.807, 2.05) is 0 Å². The van der Waals surface area contributed by atoms with E-state index >= 15 is 0 Å². The summed E-state index contributed by atoms with van der Waals surface area (Å²) in [6.45, 7) is 0. The molecular weight excluding hydrogens is 337 g/mol. The van der Waals surface area contributed by atoms with Gasteiger partial charge in [0.05, 0.1) is 17.7 Å². The van der Waals surface area contributed by atoms with Gasteiger partial charge in [-0.3, -0.25) is 9.59 Å². The monoisotopic (exact) mass is 350 g/mol. The maximum absolute atomic E-state index is 13.1. The lowest BCUT2D eigenvalue weighted by Crippen LogP contribution is -2.35. The summed E-state index contributed by atoms with van der Waals surface area (Å²) in [6.07, 6.45) is -4.86. The summed E-state index contributed by atoms with van der Waals surface area (Å²) in [4.78, 5) is 25.5. The lowest BCUT2D eigenvalue weighted by Gasteiger charge is -2.18. The van der Waals surface area contributed by atoms with Crippen molar-refractivity contribution in [3.8, 4) is 5.75 Å². The number of nitrogens with one attached hydrogen (secondary N) is 1. The van der Waals surface area contributed by atoms with Crippen molar-refractivity contribution in [3.63, 3.8) is 0 Å². The highest BCUT2D eigenvalue weighted by atomic mass is 19.4. The fourth-order valence-electron chi connectivity index (χ4n) is 2.69. The van der Waals surface area contributed by atoms with Gasteiger partial charge in [0.25, 0.3) is 5.91 Å². The second-order valence-corrected chi connectivity index (χ2v) is 5.53. The highest BCUT2D eigenvalue weighted by Crippen LogP contribution is 2.36. The SMILES string of the molecule is O=C1CC(Nc2ccccc2C(F)(F)F)C(=O)N1c1cccc(O)c1. The number of aromatic hydroxyl groups is 1. The van der Waals surface area contributed by atoms with Crippen molar-refractivity contribution in [3.05, 3.63) is 54.1 Å². The maximum atomic E-state index is 13.1. The van der Waals surface area contributed by atoms with Crippen molar-refractivity contribution in [1.82, 2.24) is 0 Å². The minimum Gasteiger partial charge on any atom is -0.508 e. The molecule has 1 fully saturated rings. The van der Waals surface area contributed by atoms with Crippen LogP contribution in [0.3, 0.4) is 0 Å². The zero-order valence-corrected chi connectivity index (χ0v) is 12.7. The van der Waals surface area contributed by atoms with Crippen molar-refractivity contribution >= 4 is 23.2 Å². The van der Waals surface area contributed by atoms with Gasteiger partial charge in [-0.1, -0.05) is 18.2 Å². The van der Waals surface area contributed by atoms with E-state index in [9.17, 15) is 27.9 Å². The lowest BCUT2D eigenvalue weighted by atomic mass is 10.1. The van der Waals surface area contributed by atoms with Gasteiger partial charge >= 0.3 is 6.18 Å². The molecular formula is C17H13F3N2O3. The average molecular weight is 350 g/mol. The van der Waals surface area contributed by atoms with Crippen LogP contribution in [0.1, 0.15) is 12.0 Å². The van der Waals surface area contributed by atoms with E-state index in [0.29, 0.717) is 0 Å². The number of amides is 2. The van der Waals surface area contributed by atoms with E-state index < -0.39 is 29.6 Å². The van der Waals surface area contributed by atoms with Crippen LogP contribution in [0.15, 0.2) is 48.5 Å². The Balaban J connectivity index is 1.87. The number of para-hydroxylation sites is 1. The van der Waals surface area contributed by atoms with Crippen LogP contribution in [-0.4, -0.2) is 23.0 Å². The Morgan fingerprint density at radius 3 is 2.48 bits per heavy atom. The number of phenols is 1. The predicted molar refractivity (Wildman–Crippen MR) is 84.1 cm³/mol. The highest BCUT2D eigenvalue weighted by molar-refractivity contribution is 6.23. The summed E-state index contributed by atoms with van der Waals surface area (Å²) in [6, 6.07) is 9.19. The minimum atomic E-state index is -4.58. The second-order valence-electron chi connectivity index (χ2n) is 5.53. The molecule has 1 atom stereocenters. The fraction of sp³-hybridized carbons (Fsp3) is 0.176. The highest BCUT2D eigenvalue weighted by Gasteiger charge is 2.41. The molecule has 2 aromatic carbocycles. The Bertz CT molecular complexity index is 836. The normalized spacial score (nSPS) is 17.9. The number of hydrogen-bond donors (Lipinski definition) is 2. The van der Waals surface area contributed by atoms with E-state index in [0.717, 1.165) is 11.0 Å². The van der Waals surface area contributed by atoms with E-state index in [1.54, 1.807) is 0 Å². The summed E-state index contributed by atoms with van der Waals surface area (Å²) in [5.74, 6) is -1.36. The summed E-state index contributed by atoms with van der Waals surface area (Å²) >= 11 is 0. The van der Waals surface area contributed by atoms with Gasteiger partial charge in [0.15, 0.2) is 0 Å². The molecule has 0 spiro atoms. The smallest absolute Gasteiger partial charge is 0.418 e. The summed E-state index contributed by atoms with van der Waals surface area (Å²) in [7, 11) is 0. The van der Waals surface area contributed by atoms with Crippen LogP contribution in [0, 0.1) is 0 Å². The maximum Gasteiger partial charge on any atom is 0.418 e. The van der Waals surface area contributed by atoms with Gasteiger partial charge in [0, 0.05) is 11.8 Å². The van der Waals surface area contributed by atoms with Crippen LogP contribution in [-0.2, 0) is 15.8 Å². The van der Waals surface area contributed by atoms with E-state index in [1.165, 1.54) is 42.5 Å². The number of benzene rings is 2. The average Bonchev–Trinajstić information content (AvgIpc) is 2.81. The second kappa shape index (κ2) is 6.12. The number of rotatable bonds is 3. The van der Waals surface area contributed by atoms with Gasteiger partial charge in [-0.15, -0.1) is 0 Å². The van der Waals surface area contributed by atoms with Crippen LogP contribution >= 0.6 is 0 Å². The first-order valence-electron chi connectivity index (χ1n) is 7.36. The van der Waals surface area contributed by atoms with Gasteiger partial charge in [-0.2, -0.15) is 13.2 Å². The molecule has 0 saturated carbocycles. The molecule has 1 aliphatic rings. The third-order valence-electron chi connectivity index (χ3n) is 3.80. The van der Waals surface area contributed by atoms with Gasteiger partial charge in [-0.05, 0) is 24.3 Å². The molecule has 5 nitrogen and oxygen atoms in total. The van der Waals surface area contributed by atoms with E-state index in [2.05, 4.69) is 5.32 Å². The molecule has 0 bridgehead atoms. The van der Waals surface area contributed by atoms with Crippen molar-refractivity contribution in [1.29, 1.82) is 0 Å². The van der Waals surface area contributed by atoms with Crippen LogP contribution in [0.4, 0.5) is 24.5 Å². The van der Waals surface area contributed by atoms with E-state index in [-0.39, 0.29) is 23.5 Å². The predicted octanol–water partition coefficient (Wildman–Crippen LogP) is 3.16. The largest absolute Gasteiger partial charge is 0.508 e. The number of hydrogen-bond acceptors (Lipinski definition) is 4. The molecule has 1 saturated heterocycles. The molecule has 0 aromatic heterocycles. The molecule has 2 N–H and O–H groups in total. The number of carbonyl (C=O) groups excluding carboxylic acids is 2. The van der Waals surface area contributed by atoms with Crippen molar-refractivity contribution in [2.75, 3.05) is 10.2 Å². The zero-order chi connectivity index (χ0) is 18.2. The topological polar surface area (TPSA) is 69.6 Å². The van der Waals surface area contributed by atoms with Gasteiger partial charge in [-0.25, -0.2) is 4.90 Å². The third kappa shape index (κ3) is 3.28. The van der Waals surface area contributed by atoms with Crippen LogP contribution in [0.25, 0.3) is 0 Å². The Kier molecular flexibility index (Phi) is 4.12. The molecule has 8 heteroatoms. The Labute approximate surface area is 140 Å². The Morgan fingerprint density at radius 1 is 1.08 bits per heavy atom. The minimum absolute atomic E-state index is 0.128. The van der Waals surface area contributed by atoms with E-state index in [4.69, 9.17) is 0 Å². The fourth-order valence-corrected chi connectivity index (χ4v) is 2.69. The molecule has 130 valence electrons. The molecule has 2 amide bonds.